The Kier molecular flexibility index (Phi) is 7.35. The summed E-state index contributed by atoms with van der Waals surface area (Å²) in [6, 6.07) is 7.22. The van der Waals surface area contributed by atoms with Gasteiger partial charge in [0, 0.05) is 29.6 Å². The van der Waals surface area contributed by atoms with Gasteiger partial charge in [-0.25, -0.2) is 4.79 Å². The Balaban J connectivity index is 2.16. The molecule has 8 heteroatoms. The topological polar surface area (TPSA) is 100 Å². The van der Waals surface area contributed by atoms with Gasteiger partial charge in [-0.15, -0.1) is 0 Å². The van der Waals surface area contributed by atoms with Crippen molar-refractivity contribution in [3.63, 3.8) is 0 Å². The molecule has 1 aliphatic heterocycles. The maximum atomic E-state index is 13.7. The molecule has 8 nitrogen and oxygen atoms in total. The number of hydrogen-bond donors (Lipinski definition) is 1. The third-order valence-corrected chi connectivity index (χ3v) is 5.93. The molecule has 0 saturated carbocycles. The van der Waals surface area contributed by atoms with Crippen LogP contribution in [0.15, 0.2) is 46.8 Å². The molecule has 0 spiro atoms. The van der Waals surface area contributed by atoms with E-state index in [4.69, 9.17) is 18.9 Å². The molecule has 0 radical (unpaired) electrons. The molecule has 3 unspecified atom stereocenters. The molecule has 1 heterocycles. The Hall–Kier alpha value is -3.13. The van der Waals surface area contributed by atoms with Gasteiger partial charge in [-0.3, -0.25) is 9.59 Å². The van der Waals surface area contributed by atoms with E-state index in [0.29, 0.717) is 40.3 Å². The van der Waals surface area contributed by atoms with Gasteiger partial charge in [0.15, 0.2) is 5.78 Å². The maximum absolute atomic E-state index is 13.7. The molecule has 0 bridgehead atoms. The monoisotopic (exact) mass is 443 g/mol. The third-order valence-electron chi connectivity index (χ3n) is 5.93. The molecule has 1 aromatic rings. The summed E-state index contributed by atoms with van der Waals surface area (Å²) in [5, 5.41) is 3.23. The highest BCUT2D eigenvalue weighted by Gasteiger charge is 2.47. The number of para-hydroxylation sites is 1. The molecular formula is C24H29NO7. The van der Waals surface area contributed by atoms with Crippen LogP contribution in [0.25, 0.3) is 0 Å². The van der Waals surface area contributed by atoms with Crippen LogP contribution in [0.3, 0.4) is 0 Å². The van der Waals surface area contributed by atoms with Crippen LogP contribution >= 0.6 is 0 Å². The summed E-state index contributed by atoms with van der Waals surface area (Å²) in [6.07, 6.45) is 0.468. The summed E-state index contributed by atoms with van der Waals surface area (Å²) in [6.45, 7) is 3.95. The van der Waals surface area contributed by atoms with Gasteiger partial charge in [-0.05, 0) is 25.3 Å². The summed E-state index contributed by atoms with van der Waals surface area (Å²) in [5.41, 5.74) is 2.61. The third kappa shape index (κ3) is 4.27. The van der Waals surface area contributed by atoms with Crippen LogP contribution in [-0.4, -0.2) is 52.3 Å². The zero-order valence-electron chi connectivity index (χ0n) is 19.0. The predicted molar refractivity (Wildman–Crippen MR) is 116 cm³/mol. The molecule has 0 amide bonds. The largest absolute Gasteiger partial charge is 0.496 e. The summed E-state index contributed by atoms with van der Waals surface area (Å²) in [4.78, 5) is 39.3. The highest BCUT2D eigenvalue weighted by atomic mass is 16.6. The Morgan fingerprint density at radius 2 is 1.84 bits per heavy atom. The fraction of sp³-hybridized carbons (Fsp3) is 0.458. The van der Waals surface area contributed by atoms with E-state index in [-0.39, 0.29) is 24.9 Å². The number of nitrogens with one attached hydrogen (secondary N) is 1. The van der Waals surface area contributed by atoms with Crippen LogP contribution in [0.2, 0.25) is 0 Å². The van der Waals surface area contributed by atoms with Gasteiger partial charge in [0.1, 0.15) is 18.3 Å². The minimum Gasteiger partial charge on any atom is -0.496 e. The smallest absolute Gasteiger partial charge is 0.336 e. The van der Waals surface area contributed by atoms with Crippen LogP contribution in [0, 0.1) is 11.8 Å². The second-order valence-electron chi connectivity index (χ2n) is 7.91. The summed E-state index contributed by atoms with van der Waals surface area (Å²) >= 11 is 0. The van der Waals surface area contributed by atoms with E-state index in [1.165, 1.54) is 21.3 Å². The van der Waals surface area contributed by atoms with Crippen LogP contribution in [0.4, 0.5) is 0 Å². The number of dihydropyridines is 1. The first-order valence-electron chi connectivity index (χ1n) is 10.5. The number of hydrogen-bond acceptors (Lipinski definition) is 8. The van der Waals surface area contributed by atoms with E-state index in [1.807, 2.05) is 25.1 Å². The molecule has 0 aromatic heterocycles. The van der Waals surface area contributed by atoms with Gasteiger partial charge >= 0.3 is 11.9 Å². The second kappa shape index (κ2) is 9.99. The molecular weight excluding hydrogens is 414 g/mol. The lowest BCUT2D eigenvalue weighted by Gasteiger charge is -2.38. The number of methoxy groups -OCH3 is 3. The van der Waals surface area contributed by atoms with Crippen molar-refractivity contribution in [3.8, 4) is 5.75 Å². The highest BCUT2D eigenvalue weighted by Crippen LogP contribution is 2.47. The van der Waals surface area contributed by atoms with E-state index >= 15 is 0 Å². The van der Waals surface area contributed by atoms with Crippen LogP contribution < -0.4 is 10.1 Å². The van der Waals surface area contributed by atoms with Crippen molar-refractivity contribution >= 4 is 17.7 Å². The van der Waals surface area contributed by atoms with Crippen molar-refractivity contribution < 1.29 is 33.3 Å². The summed E-state index contributed by atoms with van der Waals surface area (Å²) in [5.74, 6) is -2.90. The Bertz CT molecular complexity index is 978. The number of esters is 2. The zero-order chi connectivity index (χ0) is 23.4. The molecule has 1 aliphatic carbocycles. The quantitative estimate of drug-likeness (QED) is 0.390. The van der Waals surface area contributed by atoms with Crippen molar-refractivity contribution in [3.05, 3.63) is 52.4 Å². The van der Waals surface area contributed by atoms with Gasteiger partial charge in [0.25, 0.3) is 0 Å². The fourth-order valence-electron chi connectivity index (χ4n) is 4.46. The standard InChI is InChI=1S/C24H29NO7/c1-13-12-16-21(22(26)18(13)23(27)31-5)20(15-8-6-7-9-17(15)30-4)19(14(2)25-16)24(28)32-11-10-29-3/h6-9,13,18,20,25H,10-12H2,1-5H3. The lowest BCUT2D eigenvalue weighted by molar-refractivity contribution is -0.151. The van der Waals surface area contributed by atoms with E-state index in [2.05, 4.69) is 5.32 Å². The van der Waals surface area contributed by atoms with Crippen molar-refractivity contribution in [2.24, 2.45) is 11.8 Å². The molecule has 1 aromatic carbocycles. The fourth-order valence-corrected chi connectivity index (χ4v) is 4.46. The average molecular weight is 443 g/mol. The molecule has 0 fully saturated rings. The Labute approximate surface area is 187 Å². The number of benzene rings is 1. The first-order chi connectivity index (χ1) is 15.3. The summed E-state index contributed by atoms with van der Waals surface area (Å²) < 4.78 is 20.9. The molecule has 3 rings (SSSR count). The number of carbonyl (C=O) groups is 3. The number of rotatable bonds is 7. The van der Waals surface area contributed by atoms with Gasteiger partial charge < -0.3 is 24.3 Å². The maximum Gasteiger partial charge on any atom is 0.336 e. The van der Waals surface area contributed by atoms with Crippen molar-refractivity contribution in [1.29, 1.82) is 0 Å². The van der Waals surface area contributed by atoms with E-state index < -0.39 is 23.8 Å². The molecule has 2 aliphatic rings. The lowest BCUT2D eigenvalue weighted by Crippen LogP contribution is -2.43. The minimum absolute atomic E-state index is 0.0758. The number of allylic oxidation sites excluding steroid dienone is 3. The molecule has 172 valence electrons. The van der Waals surface area contributed by atoms with Crippen LogP contribution in [0.1, 0.15) is 31.7 Å². The SMILES string of the molecule is COCCOC(=O)C1=C(C)NC2=C(C(=O)C(C(=O)OC)C(C)C2)C1c1ccccc1OC. The number of carbonyl (C=O) groups excluding carboxylic acids is 3. The second-order valence-corrected chi connectivity index (χ2v) is 7.91. The van der Waals surface area contributed by atoms with Crippen molar-refractivity contribution in [2.45, 2.75) is 26.2 Å². The van der Waals surface area contributed by atoms with Crippen LogP contribution in [-0.2, 0) is 28.6 Å². The summed E-state index contributed by atoms with van der Waals surface area (Å²) in [7, 11) is 4.32. The first-order valence-corrected chi connectivity index (χ1v) is 10.5. The van der Waals surface area contributed by atoms with Gasteiger partial charge in [0.05, 0.1) is 32.3 Å². The van der Waals surface area contributed by atoms with Crippen LogP contribution in [0.5, 0.6) is 5.75 Å². The zero-order valence-corrected chi connectivity index (χ0v) is 19.0. The Morgan fingerprint density at radius 3 is 2.50 bits per heavy atom. The molecule has 0 saturated heterocycles. The average Bonchev–Trinajstić information content (AvgIpc) is 2.77. The number of ether oxygens (including phenoxy) is 4. The number of Topliss-reactive ketones (excluding diaryl/α,β-unsaturated/α-hetero) is 1. The van der Waals surface area contributed by atoms with Crippen molar-refractivity contribution in [1.82, 2.24) is 5.32 Å². The molecule has 32 heavy (non-hydrogen) atoms. The Morgan fingerprint density at radius 1 is 1.12 bits per heavy atom. The molecule has 3 atom stereocenters. The molecule has 1 N–H and O–H groups in total. The highest BCUT2D eigenvalue weighted by molar-refractivity contribution is 6.12. The van der Waals surface area contributed by atoms with Gasteiger partial charge in [-0.1, -0.05) is 25.1 Å². The number of ketones is 1. The minimum atomic E-state index is -0.943. The van der Waals surface area contributed by atoms with Gasteiger partial charge in [0.2, 0.25) is 0 Å². The van der Waals surface area contributed by atoms with Crippen molar-refractivity contribution in [2.75, 3.05) is 34.5 Å². The van der Waals surface area contributed by atoms with E-state index in [0.717, 1.165) is 0 Å². The van der Waals surface area contributed by atoms with E-state index in [9.17, 15) is 14.4 Å². The normalized spacial score (nSPS) is 22.8. The van der Waals surface area contributed by atoms with E-state index in [1.54, 1.807) is 13.0 Å². The lowest BCUT2D eigenvalue weighted by atomic mass is 9.69. The predicted octanol–water partition coefficient (Wildman–Crippen LogP) is 2.50. The first kappa shape index (κ1) is 23.5. The van der Waals surface area contributed by atoms with Gasteiger partial charge in [-0.2, -0.15) is 0 Å².